The quantitative estimate of drug-likeness (QED) is 0.399. The van der Waals surface area contributed by atoms with Gasteiger partial charge in [-0.05, 0) is 46.2 Å². The van der Waals surface area contributed by atoms with Gasteiger partial charge in [0.2, 0.25) is 5.91 Å². The fourth-order valence-electron chi connectivity index (χ4n) is 4.42. The number of piperazine rings is 2. The van der Waals surface area contributed by atoms with Gasteiger partial charge in [-0.2, -0.15) is 0 Å². The third kappa shape index (κ3) is 8.80. The molecular weight excluding hydrogens is 544 g/mol. The van der Waals surface area contributed by atoms with E-state index in [1.54, 1.807) is 25.7 Å². The minimum absolute atomic E-state index is 0.0709. The van der Waals surface area contributed by atoms with E-state index in [0.717, 1.165) is 31.7 Å². The first kappa shape index (κ1) is 32.1. The molecule has 0 aliphatic carbocycles. The smallest absolute Gasteiger partial charge is 0.411 e. The summed E-state index contributed by atoms with van der Waals surface area (Å²) in [6, 6.07) is 13.3. The molecule has 228 valence electrons. The molecular formula is C29H40N6O7. The lowest BCUT2D eigenvalue weighted by atomic mass is 9.98. The standard InChI is InChI=1S/C24H29N3O6.C5H11N3O/c1-23(2,3)33-22(29)26-14-21(28)25(16-24(26,4)5)18-11-12-19(27(30)31)20(13-18)32-15-17-9-7-6-8-10-17;6-5(9)8-3-1-7-2-4-8/h6-13H,14-16H2,1-5H3;7H,1-4H2,(H2,6,9). The van der Waals surface area contributed by atoms with Crippen LogP contribution >= 0.6 is 0 Å². The Labute approximate surface area is 245 Å². The SMILES string of the molecule is CC(C)(C)OC(=O)N1CC(=O)N(c2ccc([N+](=O)[O-])c(OCc3ccccc3)c2)CC1(C)C.NC(=O)N1CCNCC1. The average molecular weight is 585 g/mol. The first-order valence-corrected chi connectivity index (χ1v) is 13.7. The highest BCUT2D eigenvalue weighted by Crippen LogP contribution is 2.35. The van der Waals surface area contributed by atoms with Crippen molar-refractivity contribution in [2.75, 3.05) is 44.2 Å². The number of carbonyl (C=O) groups excluding carboxylic acids is 3. The van der Waals surface area contributed by atoms with E-state index in [9.17, 15) is 24.5 Å². The van der Waals surface area contributed by atoms with Gasteiger partial charge in [-0.1, -0.05) is 30.3 Å². The molecule has 2 saturated heterocycles. The first-order chi connectivity index (χ1) is 19.7. The molecule has 13 nitrogen and oxygen atoms in total. The van der Waals surface area contributed by atoms with Gasteiger partial charge in [-0.15, -0.1) is 0 Å². The largest absolute Gasteiger partial charge is 0.482 e. The lowest BCUT2D eigenvalue weighted by Crippen LogP contribution is -2.64. The number of hydrogen-bond donors (Lipinski definition) is 2. The van der Waals surface area contributed by atoms with Crippen molar-refractivity contribution in [2.45, 2.75) is 52.4 Å². The van der Waals surface area contributed by atoms with Crippen molar-refractivity contribution >= 4 is 29.4 Å². The van der Waals surface area contributed by atoms with E-state index in [1.807, 2.05) is 44.2 Å². The fourth-order valence-corrected chi connectivity index (χ4v) is 4.42. The zero-order valence-corrected chi connectivity index (χ0v) is 24.8. The molecule has 3 N–H and O–H groups in total. The Morgan fingerprint density at radius 2 is 1.74 bits per heavy atom. The van der Waals surface area contributed by atoms with Gasteiger partial charge in [0.1, 0.15) is 18.8 Å². The third-order valence-electron chi connectivity index (χ3n) is 6.60. The second-order valence-corrected chi connectivity index (χ2v) is 11.6. The number of nitrogens with two attached hydrogens (primary N) is 1. The van der Waals surface area contributed by atoms with Crippen LogP contribution in [-0.2, 0) is 16.1 Å². The molecule has 2 aliphatic heterocycles. The molecule has 4 rings (SSSR count). The predicted octanol–water partition coefficient (Wildman–Crippen LogP) is 3.51. The number of urea groups is 1. The fraction of sp³-hybridized carbons (Fsp3) is 0.483. The van der Waals surface area contributed by atoms with Crippen LogP contribution in [0.4, 0.5) is 21.0 Å². The van der Waals surface area contributed by atoms with Crippen molar-refractivity contribution in [2.24, 2.45) is 5.73 Å². The molecule has 13 heteroatoms. The van der Waals surface area contributed by atoms with Gasteiger partial charge in [0.25, 0.3) is 0 Å². The molecule has 2 aliphatic rings. The highest BCUT2D eigenvalue weighted by Gasteiger charge is 2.43. The maximum absolute atomic E-state index is 13.0. The summed E-state index contributed by atoms with van der Waals surface area (Å²) in [4.78, 5) is 51.6. The zero-order valence-electron chi connectivity index (χ0n) is 24.8. The van der Waals surface area contributed by atoms with Crippen molar-refractivity contribution in [3.8, 4) is 5.75 Å². The molecule has 42 heavy (non-hydrogen) atoms. The van der Waals surface area contributed by atoms with E-state index in [2.05, 4.69) is 5.32 Å². The highest BCUT2D eigenvalue weighted by atomic mass is 16.6. The Bertz CT molecular complexity index is 1270. The summed E-state index contributed by atoms with van der Waals surface area (Å²) in [5.41, 5.74) is 4.76. The molecule has 2 aromatic rings. The number of amides is 4. The van der Waals surface area contributed by atoms with Crippen molar-refractivity contribution in [1.29, 1.82) is 0 Å². The molecule has 0 aromatic heterocycles. The van der Waals surface area contributed by atoms with Gasteiger partial charge >= 0.3 is 17.8 Å². The van der Waals surface area contributed by atoms with Gasteiger partial charge in [0.15, 0.2) is 5.75 Å². The van der Waals surface area contributed by atoms with Crippen LogP contribution in [0.1, 0.15) is 40.2 Å². The average Bonchev–Trinajstić information content (AvgIpc) is 2.93. The number of carbonyl (C=O) groups is 3. The Hall–Kier alpha value is -4.39. The Balaban J connectivity index is 0.000000458. The number of primary amides is 1. The van der Waals surface area contributed by atoms with Crippen molar-refractivity contribution in [1.82, 2.24) is 15.1 Å². The predicted molar refractivity (Wildman–Crippen MR) is 157 cm³/mol. The first-order valence-electron chi connectivity index (χ1n) is 13.7. The Kier molecular flexibility index (Phi) is 10.3. The number of ether oxygens (including phenoxy) is 2. The summed E-state index contributed by atoms with van der Waals surface area (Å²) in [7, 11) is 0. The molecule has 0 atom stereocenters. The second-order valence-electron chi connectivity index (χ2n) is 11.6. The van der Waals surface area contributed by atoms with Crippen molar-refractivity contribution in [3.05, 3.63) is 64.2 Å². The number of nitro benzene ring substituents is 1. The number of anilines is 1. The number of benzene rings is 2. The minimum Gasteiger partial charge on any atom is -0.482 e. The lowest BCUT2D eigenvalue weighted by Gasteiger charge is -2.46. The number of nitrogens with one attached hydrogen (secondary N) is 1. The number of nitrogens with zero attached hydrogens (tertiary/aromatic N) is 4. The van der Waals surface area contributed by atoms with Crippen LogP contribution in [0.3, 0.4) is 0 Å². The summed E-state index contributed by atoms with van der Waals surface area (Å²) < 4.78 is 11.2. The minimum atomic E-state index is -0.719. The Morgan fingerprint density at radius 1 is 1.10 bits per heavy atom. The van der Waals surface area contributed by atoms with Gasteiger partial charge < -0.3 is 30.3 Å². The van der Waals surface area contributed by atoms with E-state index in [0.29, 0.717) is 5.69 Å². The molecule has 2 aromatic carbocycles. The molecule has 2 heterocycles. The van der Waals surface area contributed by atoms with Crippen molar-refractivity contribution < 1.29 is 28.8 Å². The summed E-state index contributed by atoms with van der Waals surface area (Å²) >= 11 is 0. The topological polar surface area (TPSA) is 161 Å². The van der Waals surface area contributed by atoms with E-state index in [-0.39, 0.29) is 43.1 Å². The summed E-state index contributed by atoms with van der Waals surface area (Å²) in [6.45, 7) is 12.4. The Morgan fingerprint density at radius 3 is 2.29 bits per heavy atom. The molecule has 0 spiro atoms. The van der Waals surface area contributed by atoms with Crippen LogP contribution in [-0.4, -0.2) is 83.2 Å². The van der Waals surface area contributed by atoms with Crippen LogP contribution in [0.5, 0.6) is 5.75 Å². The molecule has 0 radical (unpaired) electrons. The van der Waals surface area contributed by atoms with Gasteiger partial charge in [0, 0.05) is 50.5 Å². The highest BCUT2D eigenvalue weighted by molar-refractivity contribution is 5.98. The molecule has 2 fully saturated rings. The van der Waals surface area contributed by atoms with E-state index < -0.39 is 22.2 Å². The van der Waals surface area contributed by atoms with Gasteiger partial charge in [0.05, 0.1) is 10.5 Å². The molecule has 4 amide bonds. The summed E-state index contributed by atoms with van der Waals surface area (Å²) in [5, 5.41) is 14.6. The van der Waals surface area contributed by atoms with E-state index >= 15 is 0 Å². The van der Waals surface area contributed by atoms with Crippen LogP contribution in [0.15, 0.2) is 48.5 Å². The maximum atomic E-state index is 13.0. The molecule has 0 bridgehead atoms. The normalized spacial score (nSPS) is 16.7. The molecule has 0 unspecified atom stereocenters. The van der Waals surface area contributed by atoms with Crippen LogP contribution in [0.2, 0.25) is 0 Å². The summed E-state index contributed by atoms with van der Waals surface area (Å²) in [6.07, 6.45) is -0.559. The number of nitro groups is 1. The van der Waals surface area contributed by atoms with Gasteiger partial charge in [-0.3, -0.25) is 19.8 Å². The van der Waals surface area contributed by atoms with Crippen LogP contribution in [0.25, 0.3) is 0 Å². The van der Waals surface area contributed by atoms with E-state index in [4.69, 9.17) is 15.2 Å². The van der Waals surface area contributed by atoms with Crippen LogP contribution in [0, 0.1) is 10.1 Å². The monoisotopic (exact) mass is 584 g/mol. The third-order valence-corrected chi connectivity index (χ3v) is 6.60. The maximum Gasteiger partial charge on any atom is 0.411 e. The molecule has 0 saturated carbocycles. The second kappa shape index (κ2) is 13.5. The van der Waals surface area contributed by atoms with Crippen molar-refractivity contribution in [3.63, 3.8) is 0 Å². The summed E-state index contributed by atoms with van der Waals surface area (Å²) in [5.74, 6) is -0.246. The number of hydrogen-bond acceptors (Lipinski definition) is 8. The van der Waals surface area contributed by atoms with Crippen LogP contribution < -0.4 is 20.7 Å². The van der Waals surface area contributed by atoms with Gasteiger partial charge in [-0.25, -0.2) is 9.59 Å². The zero-order chi connectivity index (χ0) is 31.1. The lowest BCUT2D eigenvalue weighted by molar-refractivity contribution is -0.385. The van der Waals surface area contributed by atoms with E-state index in [1.165, 1.54) is 28.0 Å². The number of rotatable bonds is 5.